The van der Waals surface area contributed by atoms with Crippen LogP contribution in [0.3, 0.4) is 0 Å². The van der Waals surface area contributed by atoms with Crippen LogP contribution in [0.4, 0.5) is 17.6 Å². The molecule has 0 aliphatic heterocycles. The quantitative estimate of drug-likeness (QED) is 0.503. The molecule has 0 amide bonds. The minimum absolute atomic E-state index is 0.0603. The largest absolute Gasteiger partial charge is 0.203 e. The van der Waals surface area contributed by atoms with E-state index in [9.17, 15) is 17.6 Å². The van der Waals surface area contributed by atoms with Gasteiger partial charge in [0.2, 0.25) is 0 Å². The topological polar surface area (TPSA) is 0 Å². The summed E-state index contributed by atoms with van der Waals surface area (Å²) >= 11 is 0. The van der Waals surface area contributed by atoms with Gasteiger partial charge in [0.15, 0.2) is 23.3 Å². The van der Waals surface area contributed by atoms with Crippen molar-refractivity contribution in [1.82, 2.24) is 0 Å². The van der Waals surface area contributed by atoms with Gasteiger partial charge in [0.1, 0.15) is 0 Å². The predicted octanol–water partition coefficient (Wildman–Crippen LogP) is 4.13. The first-order valence-corrected chi connectivity index (χ1v) is 6.49. The smallest absolute Gasteiger partial charge is 0.165 e. The number of halogens is 4. The highest BCUT2D eigenvalue weighted by atomic mass is 19.2. The van der Waals surface area contributed by atoms with Crippen molar-refractivity contribution >= 4 is 0 Å². The van der Waals surface area contributed by atoms with Crippen LogP contribution in [-0.2, 0) is 25.7 Å². The first-order chi connectivity index (χ1) is 9.58. The predicted molar refractivity (Wildman–Crippen MR) is 67.5 cm³/mol. The summed E-state index contributed by atoms with van der Waals surface area (Å²) in [4.78, 5) is 0. The summed E-state index contributed by atoms with van der Waals surface area (Å²) < 4.78 is 55.5. The summed E-state index contributed by atoms with van der Waals surface area (Å²) in [7, 11) is 0. The van der Waals surface area contributed by atoms with E-state index in [-0.39, 0.29) is 12.8 Å². The van der Waals surface area contributed by atoms with Crippen molar-refractivity contribution in [2.75, 3.05) is 0 Å². The van der Waals surface area contributed by atoms with E-state index in [1.165, 1.54) is 0 Å². The zero-order chi connectivity index (χ0) is 14.3. The van der Waals surface area contributed by atoms with Crippen molar-refractivity contribution in [3.8, 4) is 0 Å². The zero-order valence-corrected chi connectivity index (χ0v) is 10.6. The third-order valence-electron chi connectivity index (χ3n) is 3.76. The fourth-order valence-corrected chi connectivity index (χ4v) is 2.64. The second kappa shape index (κ2) is 4.93. The van der Waals surface area contributed by atoms with Crippen LogP contribution in [-0.4, -0.2) is 0 Å². The van der Waals surface area contributed by atoms with Gasteiger partial charge in [-0.3, -0.25) is 0 Å². The number of rotatable bonds is 0. The number of hydrogen-bond acceptors (Lipinski definition) is 0. The van der Waals surface area contributed by atoms with E-state index < -0.39 is 34.4 Å². The van der Waals surface area contributed by atoms with E-state index in [1.807, 2.05) is 24.3 Å². The number of fused-ring (bicyclic) bond motifs is 4. The van der Waals surface area contributed by atoms with Crippen molar-refractivity contribution in [1.29, 1.82) is 0 Å². The average Bonchev–Trinajstić information content (AvgIpc) is 2.47. The van der Waals surface area contributed by atoms with Gasteiger partial charge in [0.25, 0.3) is 0 Å². The summed E-state index contributed by atoms with van der Waals surface area (Å²) in [6.07, 6.45) is 0.574. The molecule has 0 heterocycles. The molecule has 4 bridgehead atoms. The normalized spacial score (nSPS) is 14.2. The molecule has 2 aliphatic carbocycles. The van der Waals surface area contributed by atoms with Crippen molar-refractivity contribution in [3.63, 3.8) is 0 Å². The third kappa shape index (κ3) is 2.09. The van der Waals surface area contributed by atoms with E-state index >= 15 is 0 Å². The summed E-state index contributed by atoms with van der Waals surface area (Å²) in [6.45, 7) is 0. The van der Waals surface area contributed by atoms with Crippen LogP contribution in [0.15, 0.2) is 24.3 Å². The Hall–Kier alpha value is -1.84. The fourth-order valence-electron chi connectivity index (χ4n) is 2.64. The lowest BCUT2D eigenvalue weighted by Crippen LogP contribution is -2.09. The molecule has 2 aromatic rings. The minimum Gasteiger partial charge on any atom is -0.203 e. The van der Waals surface area contributed by atoms with Gasteiger partial charge in [0, 0.05) is 11.1 Å². The van der Waals surface area contributed by atoms with Crippen molar-refractivity contribution in [2.24, 2.45) is 0 Å². The van der Waals surface area contributed by atoms with E-state index in [4.69, 9.17) is 0 Å². The van der Waals surface area contributed by atoms with Crippen molar-refractivity contribution in [2.45, 2.75) is 25.7 Å². The molecule has 4 heteroatoms. The minimum atomic E-state index is -1.26. The Morgan fingerprint density at radius 1 is 0.600 bits per heavy atom. The molecule has 104 valence electrons. The Kier molecular flexibility index (Phi) is 3.24. The second-order valence-corrected chi connectivity index (χ2v) is 5.03. The summed E-state index contributed by atoms with van der Waals surface area (Å²) in [5, 5.41) is 0. The molecule has 2 aromatic carbocycles. The summed E-state index contributed by atoms with van der Waals surface area (Å²) in [5.41, 5.74) is 0.811. The van der Waals surface area contributed by atoms with Crippen LogP contribution < -0.4 is 0 Å². The molecule has 0 saturated heterocycles. The fraction of sp³-hybridized carbons (Fsp3) is 0.250. The molecule has 20 heavy (non-hydrogen) atoms. The van der Waals surface area contributed by atoms with Crippen molar-refractivity contribution in [3.05, 3.63) is 69.8 Å². The molecular formula is C16H12F4. The Morgan fingerprint density at radius 2 is 1.00 bits per heavy atom. The van der Waals surface area contributed by atoms with E-state index in [0.29, 0.717) is 12.8 Å². The lowest BCUT2D eigenvalue weighted by atomic mass is 10.0. The van der Waals surface area contributed by atoms with Crippen LogP contribution in [0.1, 0.15) is 22.3 Å². The lowest BCUT2D eigenvalue weighted by molar-refractivity contribution is 0.425. The third-order valence-corrected chi connectivity index (χ3v) is 3.76. The van der Waals surface area contributed by atoms with Crippen LogP contribution in [0.5, 0.6) is 0 Å². The van der Waals surface area contributed by atoms with Gasteiger partial charge < -0.3 is 0 Å². The van der Waals surface area contributed by atoms with Crippen LogP contribution in [0.2, 0.25) is 0 Å². The van der Waals surface area contributed by atoms with Crippen LogP contribution >= 0.6 is 0 Å². The Bertz CT molecular complexity index is 593. The van der Waals surface area contributed by atoms with Gasteiger partial charge in [-0.25, -0.2) is 17.6 Å². The maximum Gasteiger partial charge on any atom is 0.165 e. The second-order valence-electron chi connectivity index (χ2n) is 5.03. The van der Waals surface area contributed by atoms with E-state index in [0.717, 1.165) is 11.1 Å². The molecule has 0 saturated carbocycles. The van der Waals surface area contributed by atoms with E-state index in [1.54, 1.807) is 0 Å². The highest BCUT2D eigenvalue weighted by Gasteiger charge is 2.25. The first-order valence-electron chi connectivity index (χ1n) is 6.49. The summed E-state index contributed by atoms with van der Waals surface area (Å²) in [6, 6.07) is 7.45. The summed E-state index contributed by atoms with van der Waals surface area (Å²) in [5.74, 6) is -5.02. The van der Waals surface area contributed by atoms with Gasteiger partial charge in [-0.1, -0.05) is 24.3 Å². The monoisotopic (exact) mass is 280 g/mol. The SMILES string of the molecule is Fc1c(F)c2c(F)c(F)c1CCc1cccc(c1)CC2. The lowest BCUT2D eigenvalue weighted by Gasteiger charge is -2.11. The zero-order valence-electron chi connectivity index (χ0n) is 10.6. The molecular weight excluding hydrogens is 268 g/mol. The molecule has 0 spiro atoms. The van der Waals surface area contributed by atoms with Gasteiger partial charge in [0.05, 0.1) is 0 Å². The van der Waals surface area contributed by atoms with E-state index in [2.05, 4.69) is 0 Å². The van der Waals surface area contributed by atoms with Crippen molar-refractivity contribution < 1.29 is 17.6 Å². The number of hydrogen-bond donors (Lipinski definition) is 0. The number of benzene rings is 2. The van der Waals surface area contributed by atoms with Gasteiger partial charge >= 0.3 is 0 Å². The molecule has 0 fully saturated rings. The molecule has 0 aromatic heterocycles. The number of aryl methyl sites for hydroxylation is 2. The molecule has 0 atom stereocenters. The molecule has 0 unspecified atom stereocenters. The molecule has 0 nitrogen and oxygen atoms in total. The first kappa shape index (κ1) is 13.2. The molecule has 0 N–H and O–H groups in total. The standard InChI is InChI=1S/C16H12F4/c17-13-11-6-4-9-2-1-3-10(8-9)5-7-12(15(13)19)16(20)14(11)18/h1-3,8H,4-7H2. The highest BCUT2D eigenvalue weighted by molar-refractivity contribution is 5.34. The molecule has 0 radical (unpaired) electrons. The highest BCUT2D eigenvalue weighted by Crippen LogP contribution is 2.27. The van der Waals surface area contributed by atoms with Gasteiger partial charge in [-0.15, -0.1) is 0 Å². The van der Waals surface area contributed by atoms with Gasteiger partial charge in [-0.2, -0.15) is 0 Å². The maximum atomic E-state index is 13.9. The Labute approximate surface area is 114 Å². The Balaban J connectivity index is 2.18. The van der Waals surface area contributed by atoms with Crippen LogP contribution in [0.25, 0.3) is 0 Å². The van der Waals surface area contributed by atoms with Gasteiger partial charge in [-0.05, 0) is 36.8 Å². The molecule has 2 aliphatic rings. The maximum absolute atomic E-state index is 13.9. The average molecular weight is 280 g/mol. The van der Waals surface area contributed by atoms with Crippen LogP contribution in [0, 0.1) is 23.3 Å². The Morgan fingerprint density at radius 3 is 1.40 bits per heavy atom. The molecule has 4 rings (SSSR count).